The summed E-state index contributed by atoms with van der Waals surface area (Å²) in [5.74, 6) is -0.842. The lowest BCUT2D eigenvalue weighted by Gasteiger charge is -2.18. The second-order valence-corrected chi connectivity index (χ2v) is 17.5. The van der Waals surface area contributed by atoms with Gasteiger partial charge in [-0.1, -0.05) is 252 Å². The molecule has 338 valence electrons. The molecule has 0 aromatic heterocycles. The molecule has 0 aliphatic rings. The minimum absolute atomic E-state index is 0.0619. The van der Waals surface area contributed by atoms with Crippen LogP contribution in [-0.2, 0) is 28.6 Å². The molecule has 0 amide bonds. The Labute approximate surface area is 355 Å². The standard InChI is InChI=1S/C51H98O6/c1-4-7-10-13-16-19-22-25-26-27-30-32-35-38-41-44-50(53)56-47-48(57-51(54)45-42-39-36-33-29-24-21-18-15-12-9-6-3)46-55-49(52)43-40-37-34-31-28-23-20-17-14-11-8-5-2/h48H,4-47H2,1-3H3. The first kappa shape index (κ1) is 55.4. The summed E-state index contributed by atoms with van der Waals surface area (Å²) < 4.78 is 16.8. The van der Waals surface area contributed by atoms with Gasteiger partial charge in [0.1, 0.15) is 13.2 Å². The van der Waals surface area contributed by atoms with Crippen molar-refractivity contribution in [3.63, 3.8) is 0 Å². The molecule has 1 atom stereocenters. The molecule has 0 N–H and O–H groups in total. The maximum Gasteiger partial charge on any atom is 0.306 e. The van der Waals surface area contributed by atoms with Crippen LogP contribution in [0.4, 0.5) is 0 Å². The van der Waals surface area contributed by atoms with Crippen LogP contribution in [0.15, 0.2) is 0 Å². The molecule has 0 bridgehead atoms. The van der Waals surface area contributed by atoms with E-state index in [1.807, 2.05) is 0 Å². The maximum atomic E-state index is 12.7. The largest absolute Gasteiger partial charge is 0.462 e. The molecule has 0 aliphatic carbocycles. The average molecular weight is 807 g/mol. The zero-order chi connectivity index (χ0) is 41.5. The SMILES string of the molecule is CCCCCCCCCCCCCCCCCC(=O)OCC(COC(=O)CCCCCCCCCCCCCC)OC(=O)CCCCCCCCCCCCCC. The van der Waals surface area contributed by atoms with E-state index in [-0.39, 0.29) is 31.1 Å². The Morgan fingerprint density at radius 3 is 0.702 bits per heavy atom. The van der Waals surface area contributed by atoms with Gasteiger partial charge in [0.2, 0.25) is 0 Å². The minimum Gasteiger partial charge on any atom is -0.462 e. The number of ether oxygens (including phenoxy) is 3. The highest BCUT2D eigenvalue weighted by molar-refractivity contribution is 5.71. The van der Waals surface area contributed by atoms with Crippen molar-refractivity contribution in [2.45, 2.75) is 297 Å². The highest BCUT2D eigenvalue weighted by Crippen LogP contribution is 2.17. The van der Waals surface area contributed by atoms with Crippen LogP contribution in [0, 0.1) is 0 Å². The van der Waals surface area contributed by atoms with Gasteiger partial charge in [-0.05, 0) is 19.3 Å². The summed E-state index contributed by atoms with van der Waals surface area (Å²) in [6.07, 6.45) is 49.4. The lowest BCUT2D eigenvalue weighted by atomic mass is 10.0. The third-order valence-electron chi connectivity index (χ3n) is 11.6. The molecule has 57 heavy (non-hydrogen) atoms. The van der Waals surface area contributed by atoms with Gasteiger partial charge in [0.15, 0.2) is 6.10 Å². The van der Waals surface area contributed by atoms with Gasteiger partial charge < -0.3 is 14.2 Å². The summed E-state index contributed by atoms with van der Waals surface area (Å²) in [6.45, 7) is 6.67. The van der Waals surface area contributed by atoms with E-state index < -0.39 is 6.10 Å². The van der Waals surface area contributed by atoms with E-state index in [1.165, 1.54) is 193 Å². The Hall–Kier alpha value is -1.59. The third-order valence-corrected chi connectivity index (χ3v) is 11.6. The molecule has 1 unspecified atom stereocenters. The van der Waals surface area contributed by atoms with Crippen LogP contribution >= 0.6 is 0 Å². The van der Waals surface area contributed by atoms with E-state index in [4.69, 9.17) is 14.2 Å². The van der Waals surface area contributed by atoms with E-state index >= 15 is 0 Å². The van der Waals surface area contributed by atoms with Crippen molar-refractivity contribution < 1.29 is 28.6 Å². The molecular weight excluding hydrogens is 709 g/mol. The van der Waals surface area contributed by atoms with Gasteiger partial charge in [-0.15, -0.1) is 0 Å². The number of carbonyl (C=O) groups excluding carboxylic acids is 3. The van der Waals surface area contributed by atoms with Crippen molar-refractivity contribution in [3.8, 4) is 0 Å². The van der Waals surface area contributed by atoms with Gasteiger partial charge in [0.05, 0.1) is 0 Å². The molecule has 0 heterocycles. The molecule has 6 heteroatoms. The predicted molar refractivity (Wildman–Crippen MR) is 243 cm³/mol. The Bertz CT molecular complexity index is 844. The van der Waals surface area contributed by atoms with Crippen LogP contribution in [0.5, 0.6) is 0 Å². The number of rotatable bonds is 47. The molecule has 0 spiro atoms. The van der Waals surface area contributed by atoms with Crippen LogP contribution < -0.4 is 0 Å². The van der Waals surface area contributed by atoms with Crippen molar-refractivity contribution in [2.24, 2.45) is 0 Å². The predicted octanol–water partition coefficient (Wildman–Crippen LogP) is 16.4. The molecule has 0 rings (SSSR count). The van der Waals surface area contributed by atoms with Crippen molar-refractivity contribution in [1.29, 1.82) is 0 Å². The fraction of sp³-hybridized carbons (Fsp3) is 0.941. The smallest absolute Gasteiger partial charge is 0.306 e. The second kappa shape index (κ2) is 47.1. The zero-order valence-electron chi connectivity index (χ0n) is 38.6. The summed E-state index contributed by atoms with van der Waals surface area (Å²) >= 11 is 0. The molecule has 0 radical (unpaired) electrons. The Morgan fingerprint density at radius 2 is 0.474 bits per heavy atom. The normalized spacial score (nSPS) is 11.8. The first-order chi connectivity index (χ1) is 28.0. The van der Waals surface area contributed by atoms with Crippen molar-refractivity contribution >= 4 is 17.9 Å². The van der Waals surface area contributed by atoms with Crippen LogP contribution in [0.2, 0.25) is 0 Å². The fourth-order valence-electron chi connectivity index (χ4n) is 7.74. The van der Waals surface area contributed by atoms with Crippen molar-refractivity contribution in [2.75, 3.05) is 13.2 Å². The van der Waals surface area contributed by atoms with Crippen LogP contribution in [0.1, 0.15) is 290 Å². The van der Waals surface area contributed by atoms with Gasteiger partial charge in [0.25, 0.3) is 0 Å². The first-order valence-corrected chi connectivity index (χ1v) is 25.5. The summed E-state index contributed by atoms with van der Waals surface area (Å²) in [6, 6.07) is 0. The molecular formula is C51H98O6. The maximum absolute atomic E-state index is 12.7. The van der Waals surface area contributed by atoms with Gasteiger partial charge in [-0.3, -0.25) is 14.4 Å². The molecule has 0 fully saturated rings. The van der Waals surface area contributed by atoms with Gasteiger partial charge in [-0.25, -0.2) is 0 Å². The lowest BCUT2D eigenvalue weighted by Crippen LogP contribution is -2.30. The molecule has 0 aromatic carbocycles. The van der Waals surface area contributed by atoms with E-state index in [2.05, 4.69) is 20.8 Å². The highest BCUT2D eigenvalue weighted by atomic mass is 16.6. The Balaban J connectivity index is 4.29. The summed E-state index contributed by atoms with van der Waals surface area (Å²) in [7, 11) is 0. The average Bonchev–Trinajstić information content (AvgIpc) is 3.21. The molecule has 0 saturated heterocycles. The van der Waals surface area contributed by atoms with Crippen LogP contribution in [0.25, 0.3) is 0 Å². The quantitative estimate of drug-likeness (QED) is 0.0346. The monoisotopic (exact) mass is 807 g/mol. The minimum atomic E-state index is -0.759. The topological polar surface area (TPSA) is 78.9 Å². The summed E-state index contributed by atoms with van der Waals surface area (Å²) in [5.41, 5.74) is 0. The fourth-order valence-corrected chi connectivity index (χ4v) is 7.74. The number of unbranched alkanes of at least 4 members (excludes halogenated alkanes) is 36. The number of hydrogen-bond acceptors (Lipinski definition) is 6. The second-order valence-electron chi connectivity index (χ2n) is 17.5. The third kappa shape index (κ3) is 45.3. The zero-order valence-corrected chi connectivity index (χ0v) is 38.6. The summed E-state index contributed by atoms with van der Waals surface area (Å²) in [4.78, 5) is 37.9. The molecule has 0 saturated carbocycles. The van der Waals surface area contributed by atoms with E-state index in [9.17, 15) is 14.4 Å². The van der Waals surface area contributed by atoms with Crippen LogP contribution in [-0.4, -0.2) is 37.2 Å². The van der Waals surface area contributed by atoms with Gasteiger partial charge in [0, 0.05) is 19.3 Å². The molecule has 6 nitrogen and oxygen atoms in total. The number of hydrogen-bond donors (Lipinski definition) is 0. The summed E-state index contributed by atoms with van der Waals surface area (Å²) in [5, 5.41) is 0. The van der Waals surface area contributed by atoms with Crippen molar-refractivity contribution in [3.05, 3.63) is 0 Å². The van der Waals surface area contributed by atoms with E-state index in [0.717, 1.165) is 57.8 Å². The van der Waals surface area contributed by atoms with Crippen LogP contribution in [0.3, 0.4) is 0 Å². The lowest BCUT2D eigenvalue weighted by molar-refractivity contribution is -0.167. The van der Waals surface area contributed by atoms with Gasteiger partial charge >= 0.3 is 17.9 Å². The highest BCUT2D eigenvalue weighted by Gasteiger charge is 2.19. The number of carbonyl (C=O) groups is 3. The van der Waals surface area contributed by atoms with E-state index in [1.54, 1.807) is 0 Å². The first-order valence-electron chi connectivity index (χ1n) is 25.5. The number of esters is 3. The van der Waals surface area contributed by atoms with Crippen molar-refractivity contribution in [1.82, 2.24) is 0 Å². The Kier molecular flexibility index (Phi) is 45.8. The molecule has 0 aromatic rings. The Morgan fingerprint density at radius 1 is 0.281 bits per heavy atom. The van der Waals surface area contributed by atoms with Gasteiger partial charge in [-0.2, -0.15) is 0 Å². The van der Waals surface area contributed by atoms with E-state index in [0.29, 0.717) is 19.3 Å². The molecule has 0 aliphatic heterocycles.